The van der Waals surface area contributed by atoms with E-state index in [0.29, 0.717) is 6.04 Å². The summed E-state index contributed by atoms with van der Waals surface area (Å²) < 4.78 is 13.0. The highest BCUT2D eigenvalue weighted by Gasteiger charge is 2.28. The fraction of sp³-hybridized carbons (Fsp3) is 0.667. The average Bonchev–Trinajstić information content (AvgIpc) is 3.28. The van der Waals surface area contributed by atoms with Gasteiger partial charge in [-0.15, -0.1) is 0 Å². The van der Waals surface area contributed by atoms with E-state index in [1.165, 1.54) is 31.4 Å². The summed E-state index contributed by atoms with van der Waals surface area (Å²) in [6.07, 6.45) is 5.08. The van der Waals surface area contributed by atoms with E-state index in [9.17, 15) is 4.39 Å². The smallest absolute Gasteiger partial charge is 0.123 e. The van der Waals surface area contributed by atoms with Gasteiger partial charge in [0, 0.05) is 18.6 Å². The van der Waals surface area contributed by atoms with Gasteiger partial charge in [-0.3, -0.25) is 0 Å². The molecule has 1 unspecified atom stereocenters. The summed E-state index contributed by atoms with van der Waals surface area (Å²) >= 11 is 0. The highest BCUT2D eigenvalue weighted by Crippen LogP contribution is 2.28. The largest absolute Gasteiger partial charge is 0.313 e. The summed E-state index contributed by atoms with van der Waals surface area (Å²) in [7, 11) is 1.99. The number of nitrogens with zero attached hydrogens (tertiary/aromatic N) is 1. The Kier molecular flexibility index (Phi) is 6.19. The predicted octanol–water partition coefficient (Wildman–Crippen LogP) is 3.99. The van der Waals surface area contributed by atoms with E-state index in [-0.39, 0.29) is 5.82 Å². The Morgan fingerprint density at radius 1 is 1.14 bits per heavy atom. The lowest BCUT2D eigenvalue weighted by Gasteiger charge is -2.26. The summed E-state index contributed by atoms with van der Waals surface area (Å²) in [6, 6.07) is 8.02. The third-order valence-electron chi connectivity index (χ3n) is 4.38. The van der Waals surface area contributed by atoms with Crippen LogP contribution in [0.15, 0.2) is 24.3 Å². The first-order valence-electron chi connectivity index (χ1n) is 8.27. The molecule has 0 aromatic heterocycles. The van der Waals surface area contributed by atoms with Crippen molar-refractivity contribution in [2.45, 2.75) is 51.6 Å². The molecule has 3 heteroatoms. The van der Waals surface area contributed by atoms with Crippen LogP contribution in [0.25, 0.3) is 0 Å². The lowest BCUT2D eigenvalue weighted by atomic mass is 10.0. The van der Waals surface area contributed by atoms with E-state index in [0.717, 1.165) is 24.9 Å². The van der Waals surface area contributed by atoms with Gasteiger partial charge >= 0.3 is 0 Å². The van der Waals surface area contributed by atoms with Gasteiger partial charge in [0.1, 0.15) is 5.82 Å². The minimum Gasteiger partial charge on any atom is -0.313 e. The fourth-order valence-corrected chi connectivity index (χ4v) is 2.81. The first kappa shape index (κ1) is 16.4. The molecule has 1 aliphatic rings. The molecule has 0 heterocycles. The van der Waals surface area contributed by atoms with E-state index >= 15 is 0 Å². The standard InChI is InChI=1S/C18H29FN2/c1-14(2)10-12-21(17-8-9-17)13-11-18(20-3)15-4-6-16(19)7-5-15/h4-7,14,17-18,20H,8-13H2,1-3H3. The maximum Gasteiger partial charge on any atom is 0.123 e. The number of rotatable bonds is 9. The summed E-state index contributed by atoms with van der Waals surface area (Å²) in [5, 5.41) is 3.37. The first-order chi connectivity index (χ1) is 10.1. The van der Waals surface area contributed by atoms with Crippen molar-refractivity contribution in [1.82, 2.24) is 10.2 Å². The van der Waals surface area contributed by atoms with Crippen LogP contribution in [0.4, 0.5) is 4.39 Å². The van der Waals surface area contributed by atoms with Crippen molar-refractivity contribution in [3.8, 4) is 0 Å². The number of hydrogen-bond acceptors (Lipinski definition) is 2. The van der Waals surface area contributed by atoms with E-state index in [1.54, 1.807) is 12.1 Å². The van der Waals surface area contributed by atoms with Gasteiger partial charge in [-0.05, 0) is 62.9 Å². The third-order valence-corrected chi connectivity index (χ3v) is 4.38. The monoisotopic (exact) mass is 292 g/mol. The second-order valence-corrected chi connectivity index (χ2v) is 6.63. The first-order valence-corrected chi connectivity index (χ1v) is 8.27. The molecule has 1 aliphatic carbocycles. The maximum atomic E-state index is 13.0. The number of benzene rings is 1. The molecule has 0 bridgehead atoms. The van der Waals surface area contributed by atoms with Crippen LogP contribution in [0.5, 0.6) is 0 Å². The van der Waals surface area contributed by atoms with Crippen molar-refractivity contribution in [3.63, 3.8) is 0 Å². The molecule has 0 aliphatic heterocycles. The normalized spacial score (nSPS) is 16.7. The number of nitrogens with one attached hydrogen (secondary N) is 1. The molecule has 0 amide bonds. The van der Waals surface area contributed by atoms with Gasteiger partial charge in [0.2, 0.25) is 0 Å². The van der Waals surface area contributed by atoms with E-state index in [4.69, 9.17) is 0 Å². The molecule has 21 heavy (non-hydrogen) atoms. The second kappa shape index (κ2) is 7.90. The van der Waals surface area contributed by atoms with Crippen LogP contribution in [0.1, 0.15) is 51.1 Å². The van der Waals surface area contributed by atoms with Crippen LogP contribution >= 0.6 is 0 Å². The minimum absolute atomic E-state index is 0.162. The minimum atomic E-state index is -0.162. The molecule has 2 nitrogen and oxygen atoms in total. The van der Waals surface area contributed by atoms with Crippen LogP contribution in [0.3, 0.4) is 0 Å². The molecular formula is C18H29FN2. The molecule has 1 N–H and O–H groups in total. The molecule has 118 valence electrons. The van der Waals surface area contributed by atoms with Crippen molar-refractivity contribution in [2.24, 2.45) is 5.92 Å². The lowest BCUT2D eigenvalue weighted by molar-refractivity contribution is 0.235. The Labute approximate surface area is 128 Å². The van der Waals surface area contributed by atoms with Crippen LogP contribution in [-0.2, 0) is 0 Å². The molecule has 2 rings (SSSR count). The van der Waals surface area contributed by atoms with Crippen LogP contribution in [-0.4, -0.2) is 31.1 Å². The second-order valence-electron chi connectivity index (χ2n) is 6.63. The Hall–Kier alpha value is -0.930. The molecule has 0 spiro atoms. The molecule has 1 aromatic rings. The Morgan fingerprint density at radius 3 is 2.29 bits per heavy atom. The summed E-state index contributed by atoms with van der Waals surface area (Å²) in [5.74, 6) is 0.605. The average molecular weight is 292 g/mol. The topological polar surface area (TPSA) is 15.3 Å². The Bertz CT molecular complexity index is 412. The van der Waals surface area contributed by atoms with Crippen molar-refractivity contribution >= 4 is 0 Å². The van der Waals surface area contributed by atoms with Crippen LogP contribution in [0, 0.1) is 11.7 Å². The van der Waals surface area contributed by atoms with Crippen molar-refractivity contribution in [2.75, 3.05) is 20.1 Å². The van der Waals surface area contributed by atoms with Crippen LogP contribution < -0.4 is 5.32 Å². The molecular weight excluding hydrogens is 263 g/mol. The van der Waals surface area contributed by atoms with Gasteiger partial charge < -0.3 is 10.2 Å². The molecule has 1 atom stereocenters. The fourth-order valence-electron chi connectivity index (χ4n) is 2.81. The Morgan fingerprint density at radius 2 is 1.76 bits per heavy atom. The SMILES string of the molecule is CNC(CCN(CCC(C)C)C1CC1)c1ccc(F)cc1. The summed E-state index contributed by atoms with van der Waals surface area (Å²) in [6.45, 7) is 6.92. The molecule has 0 saturated heterocycles. The number of halogens is 1. The maximum absolute atomic E-state index is 13.0. The third kappa shape index (κ3) is 5.40. The molecule has 1 saturated carbocycles. The van der Waals surface area contributed by atoms with Crippen LogP contribution in [0.2, 0.25) is 0 Å². The van der Waals surface area contributed by atoms with Crippen molar-refractivity contribution < 1.29 is 4.39 Å². The zero-order valence-corrected chi connectivity index (χ0v) is 13.6. The van der Waals surface area contributed by atoms with E-state index in [2.05, 4.69) is 24.1 Å². The summed E-state index contributed by atoms with van der Waals surface area (Å²) in [4.78, 5) is 2.65. The van der Waals surface area contributed by atoms with Gasteiger partial charge in [0.05, 0.1) is 0 Å². The van der Waals surface area contributed by atoms with Gasteiger partial charge in [-0.25, -0.2) is 4.39 Å². The Balaban J connectivity index is 1.86. The molecule has 1 fully saturated rings. The van der Waals surface area contributed by atoms with Gasteiger partial charge in [-0.1, -0.05) is 26.0 Å². The van der Waals surface area contributed by atoms with Crippen molar-refractivity contribution in [1.29, 1.82) is 0 Å². The zero-order chi connectivity index (χ0) is 15.2. The van der Waals surface area contributed by atoms with Gasteiger partial charge in [0.15, 0.2) is 0 Å². The van der Waals surface area contributed by atoms with Crippen molar-refractivity contribution in [3.05, 3.63) is 35.6 Å². The summed E-state index contributed by atoms with van der Waals surface area (Å²) in [5.41, 5.74) is 1.18. The van der Waals surface area contributed by atoms with Gasteiger partial charge in [-0.2, -0.15) is 0 Å². The zero-order valence-electron chi connectivity index (χ0n) is 13.6. The highest BCUT2D eigenvalue weighted by atomic mass is 19.1. The quantitative estimate of drug-likeness (QED) is 0.740. The van der Waals surface area contributed by atoms with Gasteiger partial charge in [0.25, 0.3) is 0 Å². The molecule has 0 radical (unpaired) electrons. The van der Waals surface area contributed by atoms with E-state index < -0.39 is 0 Å². The predicted molar refractivity (Wildman–Crippen MR) is 86.9 cm³/mol. The molecule has 1 aromatic carbocycles. The highest BCUT2D eigenvalue weighted by molar-refractivity contribution is 5.19. The number of hydrogen-bond donors (Lipinski definition) is 1. The lowest BCUT2D eigenvalue weighted by Crippen LogP contribution is -2.31. The van der Waals surface area contributed by atoms with E-state index in [1.807, 2.05) is 19.2 Å².